The first-order valence-corrected chi connectivity index (χ1v) is 9.46. The van der Waals surface area contributed by atoms with E-state index in [4.69, 9.17) is 4.52 Å². The third-order valence-electron chi connectivity index (χ3n) is 4.83. The van der Waals surface area contributed by atoms with Crippen LogP contribution in [0.15, 0.2) is 9.90 Å². The highest BCUT2D eigenvalue weighted by atomic mass is 32.1. The zero-order valence-electron chi connectivity index (χ0n) is 14.8. The number of carbonyl (C=O) groups excluding carboxylic acids is 1. The molecular weight excluding hydrogens is 322 g/mol. The Labute approximate surface area is 147 Å². The number of piperidine rings is 1. The number of thiazole rings is 1. The molecule has 0 radical (unpaired) electrons. The summed E-state index contributed by atoms with van der Waals surface area (Å²) in [7, 11) is 0. The molecule has 2 aromatic rings. The maximum Gasteiger partial charge on any atom is 0.225 e. The van der Waals surface area contributed by atoms with Gasteiger partial charge in [0, 0.05) is 41.6 Å². The lowest BCUT2D eigenvalue weighted by Gasteiger charge is -2.33. The topological polar surface area (TPSA) is 59.2 Å². The fraction of sp³-hybridized carbons (Fsp3) is 0.611. The third kappa shape index (κ3) is 3.53. The Morgan fingerprint density at radius 2 is 2.25 bits per heavy atom. The molecule has 0 aromatic carbocycles. The van der Waals surface area contributed by atoms with Crippen molar-refractivity contribution in [3.63, 3.8) is 0 Å². The van der Waals surface area contributed by atoms with Gasteiger partial charge in [-0.25, -0.2) is 4.98 Å². The predicted molar refractivity (Wildman–Crippen MR) is 94.3 cm³/mol. The van der Waals surface area contributed by atoms with Crippen molar-refractivity contribution in [1.82, 2.24) is 15.0 Å². The van der Waals surface area contributed by atoms with Crippen LogP contribution in [0.2, 0.25) is 0 Å². The molecule has 1 aliphatic heterocycles. The van der Waals surface area contributed by atoms with E-state index in [2.05, 4.69) is 15.5 Å². The third-order valence-corrected chi connectivity index (χ3v) is 5.96. The van der Waals surface area contributed by atoms with Crippen molar-refractivity contribution in [1.29, 1.82) is 0 Å². The van der Waals surface area contributed by atoms with E-state index in [0.29, 0.717) is 12.3 Å². The van der Waals surface area contributed by atoms with Crippen LogP contribution in [0, 0.1) is 26.7 Å². The molecule has 0 spiro atoms. The van der Waals surface area contributed by atoms with Crippen LogP contribution in [0.5, 0.6) is 0 Å². The molecular formula is C18H25N3O2S. The van der Waals surface area contributed by atoms with Gasteiger partial charge in [-0.3, -0.25) is 4.79 Å². The van der Waals surface area contributed by atoms with Crippen LogP contribution in [0.4, 0.5) is 0 Å². The van der Waals surface area contributed by atoms with Crippen LogP contribution in [0.1, 0.15) is 53.4 Å². The Balaban J connectivity index is 1.65. The summed E-state index contributed by atoms with van der Waals surface area (Å²) < 4.78 is 5.22. The Hall–Kier alpha value is -1.69. The van der Waals surface area contributed by atoms with Crippen molar-refractivity contribution in [3.8, 4) is 0 Å². The molecule has 3 rings (SSSR count). The fourth-order valence-corrected chi connectivity index (χ4v) is 4.36. The zero-order valence-corrected chi connectivity index (χ0v) is 15.7. The number of nitrogens with zero attached hydrogens (tertiary/aromatic N) is 3. The molecule has 1 fully saturated rings. The van der Waals surface area contributed by atoms with E-state index in [9.17, 15) is 4.79 Å². The van der Waals surface area contributed by atoms with Gasteiger partial charge < -0.3 is 9.42 Å². The molecule has 5 nitrogen and oxygen atoms in total. The van der Waals surface area contributed by atoms with Gasteiger partial charge in [0.1, 0.15) is 5.76 Å². The van der Waals surface area contributed by atoms with Crippen LogP contribution in [0.25, 0.3) is 0 Å². The van der Waals surface area contributed by atoms with Crippen molar-refractivity contribution in [2.24, 2.45) is 5.92 Å². The van der Waals surface area contributed by atoms with Gasteiger partial charge in [-0.15, -0.1) is 11.3 Å². The molecule has 2 aromatic heterocycles. The summed E-state index contributed by atoms with van der Waals surface area (Å²) in [6, 6.07) is 0. The van der Waals surface area contributed by atoms with E-state index in [-0.39, 0.29) is 11.8 Å². The maximum atomic E-state index is 12.9. The van der Waals surface area contributed by atoms with Crippen LogP contribution in [-0.4, -0.2) is 34.0 Å². The van der Waals surface area contributed by atoms with Gasteiger partial charge in [0.2, 0.25) is 5.91 Å². The highest BCUT2D eigenvalue weighted by Crippen LogP contribution is 2.30. The Kier molecular flexibility index (Phi) is 5.04. The number of hydrogen-bond donors (Lipinski definition) is 0. The summed E-state index contributed by atoms with van der Waals surface area (Å²) in [5.41, 5.74) is 3.03. The maximum absolute atomic E-state index is 12.9. The molecule has 2 atom stereocenters. The minimum Gasteiger partial charge on any atom is -0.361 e. The van der Waals surface area contributed by atoms with Crippen molar-refractivity contribution in [3.05, 3.63) is 33.1 Å². The minimum atomic E-state index is -0.0569. The molecule has 0 bridgehead atoms. The average Bonchev–Trinajstić information content (AvgIpc) is 3.15. The standard InChI is InChI=1S/C18H25N3O2S/c1-11(8-16-13(3)20-23-14(16)4)18(22)21-7-5-6-15(9-21)17-19-12(2)10-24-17/h10-11,15H,5-9H2,1-4H3/t11-,15+/m1/s1. The number of aryl methyl sites for hydroxylation is 3. The number of hydrogen-bond acceptors (Lipinski definition) is 5. The van der Waals surface area contributed by atoms with Crippen molar-refractivity contribution in [2.45, 2.75) is 52.9 Å². The molecule has 130 valence electrons. The first-order chi connectivity index (χ1) is 11.5. The monoisotopic (exact) mass is 347 g/mol. The quantitative estimate of drug-likeness (QED) is 0.847. The smallest absolute Gasteiger partial charge is 0.225 e. The highest BCUT2D eigenvalue weighted by molar-refractivity contribution is 7.09. The lowest BCUT2D eigenvalue weighted by molar-refractivity contribution is -0.136. The second-order valence-electron chi connectivity index (χ2n) is 6.86. The van der Waals surface area contributed by atoms with Crippen molar-refractivity contribution < 1.29 is 9.32 Å². The highest BCUT2D eigenvalue weighted by Gasteiger charge is 2.29. The number of rotatable bonds is 4. The molecule has 0 unspecified atom stereocenters. The molecule has 6 heteroatoms. The Morgan fingerprint density at radius 1 is 1.46 bits per heavy atom. The van der Waals surface area contributed by atoms with Crippen molar-refractivity contribution in [2.75, 3.05) is 13.1 Å². The van der Waals surface area contributed by atoms with E-state index in [1.165, 1.54) is 5.01 Å². The lowest BCUT2D eigenvalue weighted by atomic mass is 9.94. The second kappa shape index (κ2) is 7.05. The first-order valence-electron chi connectivity index (χ1n) is 8.58. The van der Waals surface area contributed by atoms with E-state index < -0.39 is 0 Å². The van der Waals surface area contributed by atoms with Crippen LogP contribution in [0.3, 0.4) is 0 Å². The summed E-state index contributed by atoms with van der Waals surface area (Å²) >= 11 is 1.72. The van der Waals surface area contributed by atoms with Gasteiger partial charge in [-0.05, 0) is 40.0 Å². The van der Waals surface area contributed by atoms with Gasteiger partial charge in [0.05, 0.1) is 10.7 Å². The van der Waals surface area contributed by atoms with Crippen LogP contribution >= 0.6 is 11.3 Å². The lowest BCUT2D eigenvalue weighted by Crippen LogP contribution is -2.42. The van der Waals surface area contributed by atoms with Gasteiger partial charge in [0.25, 0.3) is 0 Å². The number of likely N-dealkylation sites (tertiary alicyclic amines) is 1. The Morgan fingerprint density at radius 3 is 2.88 bits per heavy atom. The summed E-state index contributed by atoms with van der Waals surface area (Å²) in [5, 5.41) is 7.25. The summed E-state index contributed by atoms with van der Waals surface area (Å²) in [6.45, 7) is 9.52. The molecule has 0 N–H and O–H groups in total. The normalized spacial score (nSPS) is 19.5. The summed E-state index contributed by atoms with van der Waals surface area (Å²) in [6.07, 6.45) is 2.86. The summed E-state index contributed by atoms with van der Waals surface area (Å²) in [5.74, 6) is 1.38. The van der Waals surface area contributed by atoms with Gasteiger partial charge in [0.15, 0.2) is 0 Å². The van der Waals surface area contributed by atoms with Crippen molar-refractivity contribution >= 4 is 17.2 Å². The summed E-state index contributed by atoms with van der Waals surface area (Å²) in [4.78, 5) is 19.5. The molecule has 3 heterocycles. The SMILES string of the molecule is Cc1csc([C@H]2CCCN(C(=O)[C@H](C)Cc3c(C)noc3C)C2)n1. The molecule has 24 heavy (non-hydrogen) atoms. The average molecular weight is 347 g/mol. The molecule has 1 saturated heterocycles. The van der Waals surface area contributed by atoms with E-state index in [1.54, 1.807) is 11.3 Å². The fourth-order valence-electron chi connectivity index (χ4n) is 3.44. The Bertz CT molecular complexity index is 702. The van der Waals surface area contributed by atoms with Gasteiger partial charge in [-0.2, -0.15) is 0 Å². The minimum absolute atomic E-state index is 0.0569. The van der Waals surface area contributed by atoms with Gasteiger partial charge in [-0.1, -0.05) is 12.1 Å². The van der Waals surface area contributed by atoms with Crippen LogP contribution < -0.4 is 0 Å². The number of aromatic nitrogens is 2. The number of amides is 1. The zero-order chi connectivity index (χ0) is 17.3. The van der Waals surface area contributed by atoms with Crippen LogP contribution in [-0.2, 0) is 11.2 Å². The van der Waals surface area contributed by atoms with Gasteiger partial charge >= 0.3 is 0 Å². The molecule has 0 saturated carbocycles. The number of carbonyl (C=O) groups is 1. The molecule has 0 aliphatic carbocycles. The largest absolute Gasteiger partial charge is 0.361 e. The predicted octanol–water partition coefficient (Wildman–Crippen LogP) is 3.64. The second-order valence-corrected chi connectivity index (χ2v) is 7.75. The van der Waals surface area contributed by atoms with E-state index >= 15 is 0 Å². The molecule has 1 aliphatic rings. The van der Waals surface area contributed by atoms with E-state index in [0.717, 1.165) is 48.6 Å². The van der Waals surface area contributed by atoms with E-state index in [1.807, 2.05) is 32.6 Å². The molecule has 1 amide bonds. The first kappa shape index (κ1) is 17.1.